The zero-order valence-corrected chi connectivity index (χ0v) is 11.5. The van der Waals surface area contributed by atoms with Crippen LogP contribution in [0, 0.1) is 0 Å². The van der Waals surface area contributed by atoms with Crippen LogP contribution in [0.25, 0.3) is 0 Å². The predicted molar refractivity (Wildman–Crippen MR) is 74.6 cm³/mol. The summed E-state index contributed by atoms with van der Waals surface area (Å²) in [6, 6.07) is 5.72. The molecule has 106 valence electrons. The molecule has 19 heavy (non-hydrogen) atoms. The Balaban J connectivity index is 2.42. The molecule has 0 amide bonds. The molecule has 0 spiro atoms. The van der Waals surface area contributed by atoms with Crippen LogP contribution in [0.1, 0.15) is 18.5 Å². The van der Waals surface area contributed by atoms with Gasteiger partial charge in [0.2, 0.25) is 0 Å². The number of morpholine rings is 1. The molecule has 0 aliphatic carbocycles. The van der Waals surface area contributed by atoms with E-state index in [1.807, 2.05) is 25.1 Å². The van der Waals surface area contributed by atoms with Crippen molar-refractivity contribution < 1.29 is 14.6 Å². The summed E-state index contributed by atoms with van der Waals surface area (Å²) in [4.78, 5) is 2.16. The van der Waals surface area contributed by atoms with E-state index in [0.717, 1.165) is 23.5 Å². The lowest BCUT2D eigenvalue weighted by atomic mass is 10.0. The Morgan fingerprint density at radius 2 is 2.37 bits per heavy atom. The first-order chi connectivity index (χ1) is 9.19. The molecule has 5 heteroatoms. The molecule has 3 N–H and O–H groups in total. The fourth-order valence-electron chi connectivity index (χ4n) is 2.54. The Labute approximate surface area is 113 Å². The SMILES string of the molecule is COc1cccc(N2CCOCC2CO)c1C(C)N. The van der Waals surface area contributed by atoms with Gasteiger partial charge in [0.15, 0.2) is 0 Å². The van der Waals surface area contributed by atoms with Crippen LogP contribution >= 0.6 is 0 Å². The van der Waals surface area contributed by atoms with Crippen LogP contribution in [0.5, 0.6) is 5.75 Å². The van der Waals surface area contributed by atoms with Crippen molar-refractivity contribution in [1.82, 2.24) is 0 Å². The number of rotatable bonds is 4. The smallest absolute Gasteiger partial charge is 0.125 e. The number of ether oxygens (including phenoxy) is 2. The van der Waals surface area contributed by atoms with Gasteiger partial charge in [-0.25, -0.2) is 0 Å². The van der Waals surface area contributed by atoms with Crippen LogP contribution in [-0.2, 0) is 4.74 Å². The Morgan fingerprint density at radius 1 is 1.58 bits per heavy atom. The largest absolute Gasteiger partial charge is 0.496 e. The fourth-order valence-corrected chi connectivity index (χ4v) is 2.54. The maximum Gasteiger partial charge on any atom is 0.125 e. The Bertz CT molecular complexity index is 423. The van der Waals surface area contributed by atoms with Crippen LogP contribution in [0.4, 0.5) is 5.69 Å². The molecule has 2 rings (SSSR count). The third-order valence-corrected chi connectivity index (χ3v) is 3.47. The highest BCUT2D eigenvalue weighted by Crippen LogP contribution is 2.35. The van der Waals surface area contributed by atoms with Crippen molar-refractivity contribution in [2.75, 3.05) is 38.4 Å². The number of hydrogen-bond acceptors (Lipinski definition) is 5. The summed E-state index contributed by atoms with van der Waals surface area (Å²) in [5.41, 5.74) is 8.09. The van der Waals surface area contributed by atoms with E-state index in [9.17, 15) is 5.11 Å². The van der Waals surface area contributed by atoms with Gasteiger partial charge in [0.1, 0.15) is 5.75 Å². The minimum Gasteiger partial charge on any atom is -0.496 e. The van der Waals surface area contributed by atoms with E-state index in [0.29, 0.717) is 13.2 Å². The minimum atomic E-state index is -0.131. The molecule has 1 aromatic rings. The van der Waals surface area contributed by atoms with E-state index in [-0.39, 0.29) is 18.7 Å². The molecule has 1 saturated heterocycles. The normalized spacial score (nSPS) is 21.3. The number of hydrogen-bond donors (Lipinski definition) is 2. The first-order valence-electron chi connectivity index (χ1n) is 6.56. The van der Waals surface area contributed by atoms with Gasteiger partial charge < -0.3 is 25.2 Å². The van der Waals surface area contributed by atoms with Gasteiger partial charge in [0, 0.05) is 23.8 Å². The van der Waals surface area contributed by atoms with E-state index < -0.39 is 0 Å². The fraction of sp³-hybridized carbons (Fsp3) is 0.571. The van der Waals surface area contributed by atoms with Crippen molar-refractivity contribution in [2.45, 2.75) is 19.0 Å². The van der Waals surface area contributed by atoms with Crippen LogP contribution in [0.3, 0.4) is 0 Å². The van der Waals surface area contributed by atoms with Crippen molar-refractivity contribution >= 4 is 5.69 Å². The summed E-state index contributed by atoms with van der Waals surface area (Å²) in [7, 11) is 1.65. The molecule has 0 bridgehead atoms. The lowest BCUT2D eigenvalue weighted by Crippen LogP contribution is -2.48. The van der Waals surface area contributed by atoms with Crippen LogP contribution < -0.4 is 15.4 Å². The highest BCUT2D eigenvalue weighted by molar-refractivity contribution is 5.61. The standard InChI is InChI=1S/C14H22N2O3/c1-10(15)14-12(4-3-5-13(14)18-2)16-6-7-19-9-11(16)8-17/h3-5,10-11,17H,6-9,15H2,1-2H3. The van der Waals surface area contributed by atoms with Crippen LogP contribution in [-0.4, -0.2) is 44.6 Å². The number of methoxy groups -OCH3 is 1. The number of aliphatic hydroxyl groups is 1. The first kappa shape index (κ1) is 14.1. The van der Waals surface area contributed by atoms with Crippen LogP contribution in [0.2, 0.25) is 0 Å². The molecule has 0 saturated carbocycles. The number of nitrogens with two attached hydrogens (primary N) is 1. The average molecular weight is 266 g/mol. The lowest BCUT2D eigenvalue weighted by Gasteiger charge is -2.38. The zero-order chi connectivity index (χ0) is 13.8. The highest BCUT2D eigenvalue weighted by atomic mass is 16.5. The molecule has 1 aliphatic heterocycles. The molecular formula is C14H22N2O3. The van der Waals surface area contributed by atoms with Gasteiger partial charge >= 0.3 is 0 Å². The maximum absolute atomic E-state index is 9.49. The first-order valence-corrected chi connectivity index (χ1v) is 6.56. The lowest BCUT2D eigenvalue weighted by molar-refractivity contribution is 0.0725. The molecular weight excluding hydrogens is 244 g/mol. The van der Waals surface area contributed by atoms with Gasteiger partial charge in [-0.05, 0) is 19.1 Å². The van der Waals surface area contributed by atoms with Gasteiger partial charge in [0.05, 0.1) is 33.0 Å². The van der Waals surface area contributed by atoms with Crippen molar-refractivity contribution in [3.05, 3.63) is 23.8 Å². The van der Waals surface area contributed by atoms with Crippen molar-refractivity contribution in [3.8, 4) is 5.75 Å². The Morgan fingerprint density at radius 3 is 3.00 bits per heavy atom. The van der Waals surface area contributed by atoms with Gasteiger partial charge in [-0.1, -0.05) is 6.07 Å². The van der Waals surface area contributed by atoms with Gasteiger partial charge in [-0.15, -0.1) is 0 Å². The minimum absolute atomic E-state index is 0.0293. The zero-order valence-electron chi connectivity index (χ0n) is 11.5. The number of aliphatic hydroxyl groups excluding tert-OH is 1. The van der Waals surface area contributed by atoms with Crippen molar-refractivity contribution in [1.29, 1.82) is 0 Å². The van der Waals surface area contributed by atoms with Gasteiger partial charge in [-0.2, -0.15) is 0 Å². The average Bonchev–Trinajstić information content (AvgIpc) is 2.46. The van der Waals surface area contributed by atoms with Crippen molar-refractivity contribution in [3.63, 3.8) is 0 Å². The van der Waals surface area contributed by atoms with Crippen molar-refractivity contribution in [2.24, 2.45) is 5.73 Å². The third kappa shape index (κ3) is 2.83. The monoisotopic (exact) mass is 266 g/mol. The second kappa shape index (κ2) is 6.23. The molecule has 1 aliphatic rings. The summed E-state index contributed by atoms with van der Waals surface area (Å²) >= 11 is 0. The van der Waals surface area contributed by atoms with Gasteiger partial charge in [0.25, 0.3) is 0 Å². The van der Waals surface area contributed by atoms with E-state index >= 15 is 0 Å². The van der Waals surface area contributed by atoms with E-state index in [1.165, 1.54) is 0 Å². The topological polar surface area (TPSA) is 68.0 Å². The van der Waals surface area contributed by atoms with Crippen LogP contribution in [0.15, 0.2) is 18.2 Å². The predicted octanol–water partition coefficient (Wildman–Crippen LogP) is 0.912. The molecule has 5 nitrogen and oxygen atoms in total. The second-order valence-corrected chi connectivity index (χ2v) is 4.79. The molecule has 2 unspecified atom stereocenters. The highest BCUT2D eigenvalue weighted by Gasteiger charge is 2.26. The summed E-state index contributed by atoms with van der Waals surface area (Å²) in [6.07, 6.45) is 0. The molecule has 0 aromatic heterocycles. The molecule has 1 aromatic carbocycles. The maximum atomic E-state index is 9.49. The quantitative estimate of drug-likeness (QED) is 0.848. The molecule has 1 fully saturated rings. The van der Waals surface area contributed by atoms with E-state index in [2.05, 4.69) is 4.90 Å². The van der Waals surface area contributed by atoms with E-state index in [1.54, 1.807) is 7.11 Å². The number of anilines is 1. The number of benzene rings is 1. The third-order valence-electron chi connectivity index (χ3n) is 3.47. The Kier molecular flexibility index (Phi) is 4.63. The number of nitrogens with zero attached hydrogens (tertiary/aromatic N) is 1. The molecule has 0 radical (unpaired) electrons. The summed E-state index contributed by atoms with van der Waals surface area (Å²) in [6.45, 7) is 3.95. The summed E-state index contributed by atoms with van der Waals surface area (Å²) in [5.74, 6) is 0.788. The summed E-state index contributed by atoms with van der Waals surface area (Å²) in [5, 5.41) is 9.49. The van der Waals surface area contributed by atoms with Gasteiger partial charge in [-0.3, -0.25) is 0 Å². The molecule has 2 atom stereocenters. The molecule has 1 heterocycles. The Hall–Kier alpha value is -1.30. The summed E-state index contributed by atoms with van der Waals surface area (Å²) < 4.78 is 10.8. The van der Waals surface area contributed by atoms with E-state index in [4.69, 9.17) is 15.2 Å². The second-order valence-electron chi connectivity index (χ2n) is 4.79.